The highest BCUT2D eigenvalue weighted by Gasteiger charge is 2.15. The van der Waals surface area contributed by atoms with Crippen molar-refractivity contribution < 1.29 is 22.9 Å². The lowest BCUT2D eigenvalue weighted by Gasteiger charge is -1.98. The fourth-order valence-corrected chi connectivity index (χ4v) is 3.22. The van der Waals surface area contributed by atoms with Crippen LogP contribution in [0.5, 0.6) is 0 Å². The lowest BCUT2D eigenvalue weighted by Crippen LogP contribution is -2.03. The summed E-state index contributed by atoms with van der Waals surface area (Å²) in [6, 6.07) is 11.3. The summed E-state index contributed by atoms with van der Waals surface area (Å²) in [6.07, 6.45) is 1.53. The summed E-state index contributed by atoms with van der Waals surface area (Å²) in [4.78, 5) is 12.5. The molecule has 0 amide bonds. The second-order valence-corrected chi connectivity index (χ2v) is 6.08. The maximum atomic E-state index is 13.7. The maximum Gasteiger partial charge on any atom is 0.348 e. The van der Waals surface area contributed by atoms with Gasteiger partial charge < -0.3 is 13.7 Å². The molecular weight excluding hydrogens is 333 g/mol. The van der Waals surface area contributed by atoms with Crippen LogP contribution in [-0.4, -0.2) is 11.1 Å². The van der Waals surface area contributed by atoms with E-state index in [2.05, 4.69) is 5.16 Å². The smallest absolute Gasteiger partial charge is 0.348 e. The van der Waals surface area contributed by atoms with Crippen molar-refractivity contribution in [2.75, 3.05) is 0 Å². The Hall–Kier alpha value is -2.93. The van der Waals surface area contributed by atoms with E-state index in [1.165, 1.54) is 29.7 Å². The van der Waals surface area contributed by atoms with Gasteiger partial charge in [-0.25, -0.2) is 9.18 Å². The number of benzene rings is 1. The molecule has 0 radical (unpaired) electrons. The number of halogens is 1. The molecule has 0 spiro atoms. The zero-order chi connectivity index (χ0) is 16.5. The lowest BCUT2D eigenvalue weighted by molar-refractivity contribution is 0.0470. The number of fused-ring (bicyclic) bond motifs is 1. The molecule has 0 atom stereocenters. The Bertz CT molecular complexity index is 1000. The number of furan rings is 1. The summed E-state index contributed by atoms with van der Waals surface area (Å²) in [7, 11) is 0. The highest BCUT2D eigenvalue weighted by atomic mass is 32.1. The first-order valence-electron chi connectivity index (χ1n) is 7.05. The van der Waals surface area contributed by atoms with Crippen LogP contribution in [0.25, 0.3) is 21.6 Å². The first-order valence-corrected chi connectivity index (χ1v) is 7.87. The van der Waals surface area contributed by atoms with Crippen LogP contribution in [0.3, 0.4) is 0 Å². The second kappa shape index (κ2) is 5.93. The molecule has 3 aromatic heterocycles. The minimum atomic E-state index is -0.529. The lowest BCUT2D eigenvalue weighted by atomic mass is 10.2. The van der Waals surface area contributed by atoms with E-state index in [9.17, 15) is 9.18 Å². The molecule has 0 aliphatic heterocycles. The summed E-state index contributed by atoms with van der Waals surface area (Å²) in [6.45, 7) is -0.0419. The number of hydrogen-bond donors (Lipinski definition) is 0. The molecule has 4 aromatic rings. The van der Waals surface area contributed by atoms with E-state index in [-0.39, 0.29) is 12.4 Å². The van der Waals surface area contributed by atoms with Crippen molar-refractivity contribution in [1.29, 1.82) is 0 Å². The summed E-state index contributed by atoms with van der Waals surface area (Å²) in [5.41, 5.74) is 0.460. The highest BCUT2D eigenvalue weighted by Crippen LogP contribution is 2.28. The Morgan fingerprint density at radius 1 is 1.21 bits per heavy atom. The van der Waals surface area contributed by atoms with Crippen LogP contribution in [-0.2, 0) is 11.3 Å². The molecule has 24 heavy (non-hydrogen) atoms. The van der Waals surface area contributed by atoms with E-state index in [1.54, 1.807) is 30.3 Å². The van der Waals surface area contributed by atoms with Gasteiger partial charge in [-0.1, -0.05) is 11.2 Å². The standard InChI is InChI=1S/C17H10FNO4S/c18-12-3-1-5-15-11(12)8-16(24-15)17(20)22-9-10-7-14(23-19-10)13-4-2-6-21-13/h1-8H,9H2. The van der Waals surface area contributed by atoms with Gasteiger partial charge in [-0.15, -0.1) is 11.3 Å². The molecule has 0 saturated heterocycles. The van der Waals surface area contributed by atoms with Crippen LogP contribution in [0.15, 0.2) is 57.7 Å². The average Bonchev–Trinajstić information content (AvgIpc) is 3.31. The van der Waals surface area contributed by atoms with Crippen molar-refractivity contribution in [2.45, 2.75) is 6.61 Å². The van der Waals surface area contributed by atoms with Crippen molar-refractivity contribution in [2.24, 2.45) is 0 Å². The molecule has 0 aliphatic rings. The number of esters is 1. The van der Waals surface area contributed by atoms with Crippen LogP contribution in [0.2, 0.25) is 0 Å². The van der Waals surface area contributed by atoms with E-state index in [0.29, 0.717) is 32.2 Å². The highest BCUT2D eigenvalue weighted by molar-refractivity contribution is 7.20. The van der Waals surface area contributed by atoms with Gasteiger partial charge in [0.05, 0.1) is 6.26 Å². The number of thiophene rings is 1. The fourth-order valence-electron chi connectivity index (χ4n) is 2.25. The minimum absolute atomic E-state index is 0.0419. The Kier molecular flexibility index (Phi) is 3.62. The number of hydrogen-bond acceptors (Lipinski definition) is 6. The number of rotatable bonds is 4. The largest absolute Gasteiger partial charge is 0.461 e. The Morgan fingerprint density at radius 3 is 2.92 bits per heavy atom. The van der Waals surface area contributed by atoms with Gasteiger partial charge in [-0.2, -0.15) is 0 Å². The maximum absolute atomic E-state index is 13.7. The molecule has 120 valence electrons. The molecule has 0 fully saturated rings. The second-order valence-electron chi connectivity index (χ2n) is 5.00. The number of carbonyl (C=O) groups excluding carboxylic acids is 1. The van der Waals surface area contributed by atoms with E-state index >= 15 is 0 Å². The topological polar surface area (TPSA) is 65.5 Å². The van der Waals surface area contributed by atoms with Gasteiger partial charge in [-0.05, 0) is 30.3 Å². The molecule has 0 aliphatic carbocycles. The first kappa shape index (κ1) is 14.6. The molecule has 0 N–H and O–H groups in total. The summed E-state index contributed by atoms with van der Waals surface area (Å²) >= 11 is 1.18. The van der Waals surface area contributed by atoms with Gasteiger partial charge in [0.15, 0.2) is 5.76 Å². The fraction of sp³-hybridized carbons (Fsp3) is 0.0588. The van der Waals surface area contributed by atoms with Gasteiger partial charge in [0.1, 0.15) is 23.0 Å². The SMILES string of the molecule is O=C(OCc1cc(-c2ccco2)on1)c1cc2c(F)cccc2s1. The zero-order valence-corrected chi connectivity index (χ0v) is 13.0. The molecule has 3 heterocycles. The average molecular weight is 343 g/mol. The number of carbonyl (C=O) groups is 1. The van der Waals surface area contributed by atoms with Crippen LogP contribution in [0.1, 0.15) is 15.4 Å². The third-order valence-electron chi connectivity index (χ3n) is 3.38. The van der Waals surface area contributed by atoms with E-state index < -0.39 is 5.97 Å². The summed E-state index contributed by atoms with van der Waals surface area (Å²) < 4.78 is 29.9. The molecule has 7 heteroatoms. The molecule has 0 bridgehead atoms. The van der Waals surface area contributed by atoms with Crippen molar-refractivity contribution in [3.8, 4) is 11.5 Å². The number of nitrogens with zero attached hydrogens (tertiary/aromatic N) is 1. The van der Waals surface area contributed by atoms with Gasteiger partial charge in [0.25, 0.3) is 0 Å². The Labute approximate surface area is 139 Å². The molecule has 4 rings (SSSR count). The minimum Gasteiger partial charge on any atom is -0.461 e. The number of aromatic nitrogens is 1. The number of ether oxygens (including phenoxy) is 1. The Balaban J connectivity index is 1.47. The van der Waals surface area contributed by atoms with Crippen molar-refractivity contribution in [1.82, 2.24) is 5.16 Å². The molecule has 5 nitrogen and oxygen atoms in total. The van der Waals surface area contributed by atoms with Gasteiger partial charge in [0.2, 0.25) is 5.76 Å². The normalized spacial score (nSPS) is 11.0. The quantitative estimate of drug-likeness (QED) is 0.505. The third-order valence-corrected chi connectivity index (χ3v) is 4.46. The van der Waals surface area contributed by atoms with Crippen LogP contribution in [0, 0.1) is 5.82 Å². The predicted molar refractivity (Wildman–Crippen MR) is 85.1 cm³/mol. The van der Waals surface area contributed by atoms with Crippen molar-refractivity contribution in [3.05, 3.63) is 65.1 Å². The van der Waals surface area contributed by atoms with Crippen molar-refractivity contribution >= 4 is 27.4 Å². The molecule has 0 saturated carbocycles. The Morgan fingerprint density at radius 2 is 2.12 bits per heavy atom. The van der Waals surface area contributed by atoms with Gasteiger partial charge in [0, 0.05) is 16.2 Å². The first-order chi connectivity index (χ1) is 11.7. The van der Waals surface area contributed by atoms with Crippen molar-refractivity contribution in [3.63, 3.8) is 0 Å². The van der Waals surface area contributed by atoms with Crippen LogP contribution >= 0.6 is 11.3 Å². The molecular formula is C17H10FNO4S. The monoisotopic (exact) mass is 343 g/mol. The van der Waals surface area contributed by atoms with E-state index in [0.717, 1.165) is 0 Å². The third kappa shape index (κ3) is 2.69. The zero-order valence-electron chi connectivity index (χ0n) is 12.2. The molecule has 1 aromatic carbocycles. The van der Waals surface area contributed by atoms with Crippen LogP contribution in [0.4, 0.5) is 4.39 Å². The predicted octanol–water partition coefficient (Wildman–Crippen LogP) is 4.65. The van der Waals surface area contributed by atoms with E-state index in [1.807, 2.05) is 0 Å². The van der Waals surface area contributed by atoms with Gasteiger partial charge >= 0.3 is 5.97 Å². The summed E-state index contributed by atoms with van der Waals surface area (Å²) in [5.74, 6) is 0.107. The van der Waals surface area contributed by atoms with E-state index in [4.69, 9.17) is 13.7 Å². The molecule has 0 unspecified atom stereocenters. The van der Waals surface area contributed by atoms with Gasteiger partial charge in [-0.3, -0.25) is 0 Å². The van der Waals surface area contributed by atoms with Crippen LogP contribution < -0.4 is 0 Å². The summed E-state index contributed by atoms with van der Waals surface area (Å²) in [5, 5.41) is 4.24.